The van der Waals surface area contributed by atoms with Crippen LogP contribution in [0.15, 0.2) is 18.2 Å². The first-order valence-corrected chi connectivity index (χ1v) is 8.93. The predicted molar refractivity (Wildman–Crippen MR) is 90.5 cm³/mol. The summed E-state index contributed by atoms with van der Waals surface area (Å²) >= 11 is 1.76. The average Bonchev–Trinajstić information content (AvgIpc) is 3.27. The van der Waals surface area contributed by atoms with Crippen molar-refractivity contribution in [2.75, 3.05) is 18.0 Å². The fraction of sp³-hybridized carbons (Fsp3) is 0.529. The van der Waals surface area contributed by atoms with Crippen LogP contribution >= 0.6 is 11.3 Å². The highest BCUT2D eigenvalue weighted by atomic mass is 32.1. The maximum absolute atomic E-state index is 12.0. The maximum atomic E-state index is 12.0. The molecule has 116 valence electrons. The molecule has 1 atom stereocenters. The van der Waals surface area contributed by atoms with E-state index in [1.165, 1.54) is 10.3 Å². The van der Waals surface area contributed by atoms with Crippen molar-refractivity contribution in [3.63, 3.8) is 0 Å². The zero-order valence-electron chi connectivity index (χ0n) is 12.8. The number of nitrogens with one attached hydrogen (secondary N) is 1. The minimum Gasteiger partial charge on any atom is -0.351 e. The van der Waals surface area contributed by atoms with E-state index in [1.54, 1.807) is 11.3 Å². The lowest BCUT2D eigenvalue weighted by atomic mass is 10.1. The van der Waals surface area contributed by atoms with Crippen molar-refractivity contribution in [1.82, 2.24) is 10.3 Å². The molecule has 2 aliphatic rings. The van der Waals surface area contributed by atoms with Gasteiger partial charge in [0.2, 0.25) is 5.91 Å². The number of carbonyl (C=O) groups is 1. The molecule has 2 fully saturated rings. The molecule has 1 amide bonds. The van der Waals surface area contributed by atoms with Gasteiger partial charge in [-0.25, -0.2) is 4.98 Å². The molecule has 1 saturated carbocycles. The first kappa shape index (κ1) is 14.0. The number of rotatable bonds is 3. The van der Waals surface area contributed by atoms with E-state index in [2.05, 4.69) is 35.3 Å². The number of amides is 1. The number of hydrogen-bond donors (Lipinski definition) is 1. The van der Waals surface area contributed by atoms with Crippen LogP contribution in [0.5, 0.6) is 0 Å². The molecule has 1 aliphatic heterocycles. The molecule has 4 rings (SSSR count). The molecule has 4 nitrogen and oxygen atoms in total. The third-order valence-electron chi connectivity index (χ3n) is 4.52. The maximum Gasteiger partial charge on any atom is 0.223 e. The number of nitrogens with zero attached hydrogens (tertiary/aromatic N) is 2. The second-order valence-corrected chi connectivity index (χ2v) is 7.54. The lowest BCUT2D eigenvalue weighted by Gasteiger charge is -2.33. The van der Waals surface area contributed by atoms with Crippen molar-refractivity contribution in [2.24, 2.45) is 5.92 Å². The van der Waals surface area contributed by atoms with E-state index in [0.29, 0.717) is 5.92 Å². The summed E-state index contributed by atoms with van der Waals surface area (Å²) in [5.41, 5.74) is 2.35. The molecule has 1 unspecified atom stereocenters. The fourth-order valence-corrected chi connectivity index (χ4v) is 4.19. The lowest BCUT2D eigenvalue weighted by molar-refractivity contribution is -0.123. The summed E-state index contributed by atoms with van der Waals surface area (Å²) < 4.78 is 1.25. The predicted octanol–water partition coefficient (Wildman–Crippen LogP) is 3.10. The highest BCUT2D eigenvalue weighted by Gasteiger charge is 2.32. The van der Waals surface area contributed by atoms with E-state index in [9.17, 15) is 4.79 Å². The van der Waals surface area contributed by atoms with E-state index in [4.69, 9.17) is 4.98 Å². The van der Waals surface area contributed by atoms with Crippen LogP contribution in [0.3, 0.4) is 0 Å². The summed E-state index contributed by atoms with van der Waals surface area (Å²) in [6, 6.07) is 6.68. The normalized spacial score (nSPS) is 22.0. The zero-order chi connectivity index (χ0) is 15.1. The van der Waals surface area contributed by atoms with E-state index in [0.717, 1.165) is 49.4 Å². The standard InChI is InChI=1S/C17H21N3OS/c1-11-4-7-14-15(9-11)22-17(19-14)20-8-2-3-13(10-20)18-16(21)12-5-6-12/h4,7,9,12-13H,2-3,5-6,8,10H2,1H3,(H,18,21). The van der Waals surface area contributed by atoms with E-state index >= 15 is 0 Å². The van der Waals surface area contributed by atoms with E-state index in [-0.39, 0.29) is 11.9 Å². The van der Waals surface area contributed by atoms with Crippen LogP contribution in [-0.2, 0) is 4.79 Å². The van der Waals surface area contributed by atoms with Crippen molar-refractivity contribution >= 4 is 32.6 Å². The molecular formula is C17H21N3OS. The highest BCUT2D eigenvalue weighted by molar-refractivity contribution is 7.22. The molecular weight excluding hydrogens is 294 g/mol. The Morgan fingerprint density at radius 1 is 1.36 bits per heavy atom. The van der Waals surface area contributed by atoms with E-state index < -0.39 is 0 Å². The Labute approximate surface area is 134 Å². The van der Waals surface area contributed by atoms with Gasteiger partial charge in [-0.15, -0.1) is 0 Å². The molecule has 2 aromatic rings. The fourth-order valence-electron chi connectivity index (χ4n) is 3.09. The molecule has 1 saturated heterocycles. The Hall–Kier alpha value is -1.62. The minimum atomic E-state index is 0.256. The number of benzene rings is 1. The lowest BCUT2D eigenvalue weighted by Crippen LogP contribution is -2.48. The van der Waals surface area contributed by atoms with Crippen molar-refractivity contribution in [3.05, 3.63) is 23.8 Å². The van der Waals surface area contributed by atoms with Crippen LogP contribution in [0.4, 0.5) is 5.13 Å². The van der Waals surface area contributed by atoms with Crippen LogP contribution in [0.25, 0.3) is 10.2 Å². The van der Waals surface area contributed by atoms with Gasteiger partial charge in [-0.1, -0.05) is 17.4 Å². The van der Waals surface area contributed by atoms with Crippen LogP contribution in [0, 0.1) is 12.8 Å². The number of aryl methyl sites for hydroxylation is 1. The number of aromatic nitrogens is 1. The average molecular weight is 315 g/mol. The monoisotopic (exact) mass is 315 g/mol. The molecule has 1 aromatic heterocycles. The second-order valence-electron chi connectivity index (χ2n) is 6.54. The van der Waals surface area contributed by atoms with Crippen molar-refractivity contribution in [2.45, 2.75) is 38.6 Å². The molecule has 5 heteroatoms. The Balaban J connectivity index is 1.49. The van der Waals surface area contributed by atoms with Crippen LogP contribution < -0.4 is 10.2 Å². The molecule has 1 aromatic carbocycles. The van der Waals surface area contributed by atoms with Crippen molar-refractivity contribution in [1.29, 1.82) is 0 Å². The zero-order valence-corrected chi connectivity index (χ0v) is 13.7. The second kappa shape index (κ2) is 5.54. The molecule has 0 spiro atoms. The van der Waals surface area contributed by atoms with Crippen LogP contribution in [0.2, 0.25) is 0 Å². The first-order valence-electron chi connectivity index (χ1n) is 8.11. The third kappa shape index (κ3) is 2.82. The number of thiazole rings is 1. The highest BCUT2D eigenvalue weighted by Crippen LogP contribution is 2.32. The van der Waals surface area contributed by atoms with Crippen LogP contribution in [0.1, 0.15) is 31.2 Å². The van der Waals surface area contributed by atoms with Crippen molar-refractivity contribution in [3.8, 4) is 0 Å². The Morgan fingerprint density at radius 2 is 2.23 bits per heavy atom. The summed E-state index contributed by atoms with van der Waals surface area (Å²) in [6.45, 7) is 4.04. The number of piperidine rings is 1. The minimum absolute atomic E-state index is 0.256. The SMILES string of the molecule is Cc1ccc2nc(N3CCCC(NC(=O)C4CC4)C3)sc2c1. The summed E-state index contributed by atoms with van der Waals surface area (Å²) in [7, 11) is 0. The summed E-state index contributed by atoms with van der Waals surface area (Å²) in [4.78, 5) is 19.1. The van der Waals surface area contributed by atoms with Gasteiger partial charge in [0, 0.05) is 25.0 Å². The molecule has 0 radical (unpaired) electrons. The first-order chi connectivity index (χ1) is 10.7. The Bertz CT molecular complexity index is 707. The molecule has 22 heavy (non-hydrogen) atoms. The third-order valence-corrected chi connectivity index (χ3v) is 5.60. The summed E-state index contributed by atoms with van der Waals surface area (Å²) in [5, 5.41) is 4.31. The quantitative estimate of drug-likeness (QED) is 0.946. The topological polar surface area (TPSA) is 45.2 Å². The van der Waals surface area contributed by atoms with Crippen molar-refractivity contribution < 1.29 is 4.79 Å². The van der Waals surface area contributed by atoms with Gasteiger partial charge in [-0.3, -0.25) is 4.79 Å². The van der Waals surface area contributed by atoms with Gasteiger partial charge in [0.1, 0.15) is 0 Å². The molecule has 1 aliphatic carbocycles. The van der Waals surface area contributed by atoms with Gasteiger partial charge in [0.25, 0.3) is 0 Å². The van der Waals surface area contributed by atoms with Gasteiger partial charge < -0.3 is 10.2 Å². The molecule has 2 heterocycles. The Morgan fingerprint density at radius 3 is 3.05 bits per heavy atom. The van der Waals surface area contributed by atoms with Crippen LogP contribution in [-0.4, -0.2) is 30.0 Å². The number of anilines is 1. The van der Waals surface area contributed by atoms with Gasteiger partial charge in [0.15, 0.2) is 5.13 Å². The molecule has 0 bridgehead atoms. The number of hydrogen-bond acceptors (Lipinski definition) is 4. The number of fused-ring (bicyclic) bond motifs is 1. The van der Waals surface area contributed by atoms with Gasteiger partial charge in [-0.05, 0) is 50.3 Å². The van der Waals surface area contributed by atoms with E-state index in [1.807, 2.05) is 0 Å². The Kier molecular flexibility index (Phi) is 3.53. The smallest absolute Gasteiger partial charge is 0.223 e. The number of carbonyl (C=O) groups excluding carboxylic acids is 1. The van der Waals surface area contributed by atoms with Gasteiger partial charge in [0.05, 0.1) is 10.2 Å². The summed E-state index contributed by atoms with van der Waals surface area (Å²) in [6.07, 6.45) is 4.34. The van der Waals surface area contributed by atoms with Gasteiger partial charge >= 0.3 is 0 Å². The largest absolute Gasteiger partial charge is 0.351 e. The molecule has 1 N–H and O–H groups in total. The summed E-state index contributed by atoms with van der Waals surface area (Å²) in [5.74, 6) is 0.549. The van der Waals surface area contributed by atoms with Gasteiger partial charge in [-0.2, -0.15) is 0 Å².